The highest BCUT2D eigenvalue weighted by molar-refractivity contribution is 5.89. The van der Waals surface area contributed by atoms with Gasteiger partial charge in [-0.15, -0.1) is 0 Å². The molecule has 1 rings (SSSR count). The van der Waals surface area contributed by atoms with Gasteiger partial charge in [-0.05, 0) is 31.6 Å². The first-order valence-corrected chi connectivity index (χ1v) is 6.84. The van der Waals surface area contributed by atoms with E-state index in [9.17, 15) is 9.90 Å². The quantitative estimate of drug-likeness (QED) is 0.780. The summed E-state index contributed by atoms with van der Waals surface area (Å²) >= 11 is 0. The molecule has 2 nitrogen and oxygen atoms in total. The molecule has 1 aliphatic carbocycles. The Balaban J connectivity index is 2.65. The molecule has 0 amide bonds. The van der Waals surface area contributed by atoms with Gasteiger partial charge >= 0.3 is 0 Å². The molecule has 0 aliphatic heterocycles. The number of carbonyl (C=O) groups excluding carboxylic acids is 1. The van der Waals surface area contributed by atoms with E-state index in [1.54, 1.807) is 0 Å². The fraction of sp³-hybridized carbons (Fsp3) is 0.929. The molecule has 0 bridgehead atoms. The van der Waals surface area contributed by atoms with Crippen molar-refractivity contribution >= 4 is 5.78 Å². The molecule has 0 aromatic carbocycles. The lowest BCUT2D eigenvalue weighted by Gasteiger charge is -2.33. The second-order valence-corrected chi connectivity index (χ2v) is 5.24. The maximum absolute atomic E-state index is 12.3. The summed E-state index contributed by atoms with van der Waals surface area (Å²) in [6.07, 6.45) is 6.66. The average Bonchev–Trinajstić information content (AvgIpc) is 2.37. The van der Waals surface area contributed by atoms with Gasteiger partial charge in [-0.2, -0.15) is 0 Å². The predicted octanol–water partition coefficient (Wildman–Crippen LogP) is 3.32. The van der Waals surface area contributed by atoms with Gasteiger partial charge in [0.1, 0.15) is 5.60 Å². The first kappa shape index (κ1) is 13.7. The number of hydrogen-bond acceptors (Lipinski definition) is 2. The van der Waals surface area contributed by atoms with Crippen molar-refractivity contribution in [3.05, 3.63) is 0 Å². The van der Waals surface area contributed by atoms with Gasteiger partial charge in [-0.3, -0.25) is 4.79 Å². The monoisotopic (exact) mass is 226 g/mol. The number of hydrogen-bond donors (Lipinski definition) is 1. The van der Waals surface area contributed by atoms with Crippen LogP contribution in [0.4, 0.5) is 0 Å². The molecule has 0 heterocycles. The minimum Gasteiger partial charge on any atom is -0.382 e. The van der Waals surface area contributed by atoms with Crippen LogP contribution in [0.1, 0.15) is 65.7 Å². The van der Waals surface area contributed by atoms with Crippen LogP contribution >= 0.6 is 0 Å². The van der Waals surface area contributed by atoms with Crippen molar-refractivity contribution in [2.75, 3.05) is 0 Å². The molecule has 0 radical (unpaired) electrons. The van der Waals surface area contributed by atoms with Crippen LogP contribution in [0, 0.1) is 11.8 Å². The Morgan fingerprint density at radius 1 is 1.25 bits per heavy atom. The highest BCUT2D eigenvalue weighted by atomic mass is 16.3. The van der Waals surface area contributed by atoms with E-state index in [4.69, 9.17) is 0 Å². The zero-order valence-electron chi connectivity index (χ0n) is 11.0. The summed E-state index contributed by atoms with van der Waals surface area (Å²) in [7, 11) is 0. The van der Waals surface area contributed by atoms with Crippen molar-refractivity contribution in [1.82, 2.24) is 0 Å². The van der Waals surface area contributed by atoms with Gasteiger partial charge in [0.25, 0.3) is 0 Å². The first-order chi connectivity index (χ1) is 7.57. The maximum atomic E-state index is 12.3. The lowest BCUT2D eigenvalue weighted by atomic mass is 9.73. The van der Waals surface area contributed by atoms with Gasteiger partial charge < -0.3 is 5.11 Å². The molecule has 2 heteroatoms. The number of ketones is 1. The van der Waals surface area contributed by atoms with E-state index in [1.165, 1.54) is 12.8 Å². The molecule has 1 aliphatic rings. The van der Waals surface area contributed by atoms with Crippen molar-refractivity contribution in [2.24, 2.45) is 11.8 Å². The van der Waals surface area contributed by atoms with E-state index in [-0.39, 0.29) is 11.7 Å². The molecule has 2 unspecified atom stereocenters. The summed E-state index contributed by atoms with van der Waals surface area (Å²) in [5.74, 6) is 0.917. The number of Topliss-reactive ketones (excluding diaryl/α,β-unsaturated/α-hetero) is 1. The van der Waals surface area contributed by atoms with Crippen molar-refractivity contribution < 1.29 is 9.90 Å². The third-order valence-electron chi connectivity index (χ3n) is 4.36. The Morgan fingerprint density at radius 2 is 1.88 bits per heavy atom. The number of carbonyl (C=O) groups is 1. The topological polar surface area (TPSA) is 37.3 Å². The molecule has 94 valence electrons. The van der Waals surface area contributed by atoms with Gasteiger partial charge in [-0.1, -0.05) is 40.0 Å². The largest absolute Gasteiger partial charge is 0.382 e. The predicted molar refractivity (Wildman–Crippen MR) is 66.3 cm³/mol. The molecule has 0 aromatic rings. The van der Waals surface area contributed by atoms with Crippen LogP contribution in [0.25, 0.3) is 0 Å². The standard InChI is InChI=1S/C14H26O2/c1-4-11-8-7-9-12(10-11)13(15)14(16,5-2)6-3/h11-12,16H,4-10H2,1-3H3. The van der Waals surface area contributed by atoms with E-state index in [0.717, 1.165) is 19.3 Å². The van der Waals surface area contributed by atoms with Gasteiger partial charge in [0.05, 0.1) is 0 Å². The van der Waals surface area contributed by atoms with Gasteiger partial charge in [0.15, 0.2) is 5.78 Å². The molecule has 1 saturated carbocycles. The first-order valence-electron chi connectivity index (χ1n) is 6.84. The highest BCUT2D eigenvalue weighted by Crippen LogP contribution is 2.35. The molecule has 0 aromatic heterocycles. The minimum atomic E-state index is -1.06. The summed E-state index contributed by atoms with van der Waals surface area (Å²) in [6, 6.07) is 0. The van der Waals surface area contributed by atoms with Crippen LogP contribution in [0.15, 0.2) is 0 Å². The smallest absolute Gasteiger partial charge is 0.167 e. The van der Waals surface area contributed by atoms with E-state index >= 15 is 0 Å². The lowest BCUT2D eigenvalue weighted by molar-refractivity contribution is -0.144. The number of aliphatic hydroxyl groups is 1. The van der Waals surface area contributed by atoms with E-state index in [0.29, 0.717) is 18.8 Å². The van der Waals surface area contributed by atoms with Crippen LogP contribution in [-0.2, 0) is 4.79 Å². The second-order valence-electron chi connectivity index (χ2n) is 5.24. The average molecular weight is 226 g/mol. The molecular weight excluding hydrogens is 200 g/mol. The third-order valence-corrected chi connectivity index (χ3v) is 4.36. The zero-order valence-corrected chi connectivity index (χ0v) is 11.0. The Bertz CT molecular complexity index is 231. The van der Waals surface area contributed by atoms with Gasteiger partial charge in [-0.25, -0.2) is 0 Å². The third kappa shape index (κ3) is 2.85. The summed E-state index contributed by atoms with van der Waals surface area (Å²) in [5.41, 5.74) is -1.06. The SMILES string of the molecule is CCC1CCCC(C(=O)C(O)(CC)CC)C1. The van der Waals surface area contributed by atoms with Gasteiger partial charge in [0.2, 0.25) is 0 Å². The molecule has 1 fully saturated rings. The fourth-order valence-corrected chi connectivity index (χ4v) is 2.88. The maximum Gasteiger partial charge on any atom is 0.167 e. The van der Waals surface area contributed by atoms with Crippen LogP contribution in [0.2, 0.25) is 0 Å². The molecule has 16 heavy (non-hydrogen) atoms. The molecule has 0 spiro atoms. The zero-order chi connectivity index (χ0) is 12.2. The lowest BCUT2D eigenvalue weighted by Crippen LogP contribution is -2.43. The molecule has 0 saturated heterocycles. The Morgan fingerprint density at radius 3 is 2.38 bits per heavy atom. The molecule has 1 N–H and O–H groups in total. The molecular formula is C14H26O2. The summed E-state index contributed by atoms with van der Waals surface area (Å²) in [6.45, 7) is 6.01. The Kier molecular flexibility index (Phi) is 4.97. The van der Waals surface area contributed by atoms with E-state index in [2.05, 4.69) is 6.92 Å². The highest BCUT2D eigenvalue weighted by Gasteiger charge is 2.38. The van der Waals surface area contributed by atoms with Crippen LogP contribution in [0.3, 0.4) is 0 Å². The molecule has 2 atom stereocenters. The minimum absolute atomic E-state index is 0.107. The Hall–Kier alpha value is -0.370. The van der Waals surface area contributed by atoms with Crippen LogP contribution in [-0.4, -0.2) is 16.5 Å². The summed E-state index contributed by atoms with van der Waals surface area (Å²) in [4.78, 5) is 12.3. The summed E-state index contributed by atoms with van der Waals surface area (Å²) < 4.78 is 0. The van der Waals surface area contributed by atoms with Crippen LogP contribution in [0.5, 0.6) is 0 Å². The van der Waals surface area contributed by atoms with Crippen LogP contribution < -0.4 is 0 Å². The van der Waals surface area contributed by atoms with Crippen molar-refractivity contribution in [2.45, 2.75) is 71.3 Å². The number of rotatable bonds is 5. The fourth-order valence-electron chi connectivity index (χ4n) is 2.88. The van der Waals surface area contributed by atoms with E-state index < -0.39 is 5.60 Å². The van der Waals surface area contributed by atoms with Crippen molar-refractivity contribution in [1.29, 1.82) is 0 Å². The Labute approximate surface area is 99.4 Å². The van der Waals surface area contributed by atoms with Crippen molar-refractivity contribution in [3.8, 4) is 0 Å². The van der Waals surface area contributed by atoms with Crippen molar-refractivity contribution in [3.63, 3.8) is 0 Å². The summed E-state index contributed by atoms with van der Waals surface area (Å²) in [5, 5.41) is 10.3. The van der Waals surface area contributed by atoms with Gasteiger partial charge in [0, 0.05) is 5.92 Å². The normalized spacial score (nSPS) is 26.8. The second kappa shape index (κ2) is 5.81. The van der Waals surface area contributed by atoms with E-state index in [1.807, 2.05) is 13.8 Å².